The van der Waals surface area contributed by atoms with Crippen molar-refractivity contribution in [2.24, 2.45) is 0 Å². The molecule has 0 radical (unpaired) electrons. The van der Waals surface area contributed by atoms with Crippen LogP contribution in [0.5, 0.6) is 11.5 Å². The van der Waals surface area contributed by atoms with Crippen molar-refractivity contribution in [1.82, 2.24) is 0 Å². The fraction of sp³-hybridized carbons (Fsp3) is 0.211. The normalized spacial score (nSPS) is 10.8. The first-order valence-electron chi connectivity index (χ1n) is 7.53. The maximum atomic E-state index is 12.6. The first-order valence-corrected chi connectivity index (χ1v) is 8.65. The molecule has 2 aromatic carbocycles. The molecule has 0 saturated heterocycles. The van der Waals surface area contributed by atoms with E-state index in [1.54, 1.807) is 7.11 Å². The average Bonchev–Trinajstić information content (AvgIpc) is 2.62. The van der Waals surface area contributed by atoms with E-state index >= 15 is 0 Å². The van der Waals surface area contributed by atoms with Gasteiger partial charge in [0.25, 0.3) is 0 Å². The molecule has 0 atom stereocenters. The Morgan fingerprint density at radius 3 is 2.42 bits per heavy atom. The van der Waals surface area contributed by atoms with Crippen LogP contribution in [0.15, 0.2) is 51.7 Å². The lowest BCUT2D eigenvalue weighted by Gasteiger charge is -2.14. The molecule has 0 bridgehead atoms. The summed E-state index contributed by atoms with van der Waals surface area (Å²) in [6.07, 6.45) is 0.580. The van der Waals surface area contributed by atoms with Gasteiger partial charge in [0, 0.05) is 21.8 Å². The van der Waals surface area contributed by atoms with Crippen LogP contribution >= 0.6 is 15.9 Å². The van der Waals surface area contributed by atoms with E-state index in [2.05, 4.69) is 15.9 Å². The van der Waals surface area contributed by atoms with Gasteiger partial charge >= 0.3 is 5.63 Å². The van der Waals surface area contributed by atoms with Gasteiger partial charge in [-0.3, -0.25) is 0 Å². The van der Waals surface area contributed by atoms with Gasteiger partial charge in [0.2, 0.25) is 5.75 Å². The Morgan fingerprint density at radius 1 is 1.04 bits per heavy atom. The minimum Gasteiger partial charge on any atom is -0.493 e. The van der Waals surface area contributed by atoms with Crippen molar-refractivity contribution in [3.05, 3.63) is 58.4 Å². The molecular weight excluding hydrogens is 372 g/mol. The maximum Gasteiger partial charge on any atom is 0.340 e. The maximum absolute atomic E-state index is 12.6. The number of alkyl halides is 1. The molecule has 0 spiro atoms. The molecule has 0 amide bonds. The largest absolute Gasteiger partial charge is 0.493 e. The third kappa shape index (κ3) is 2.80. The van der Waals surface area contributed by atoms with Crippen molar-refractivity contribution >= 4 is 26.9 Å². The zero-order chi connectivity index (χ0) is 17.1. The van der Waals surface area contributed by atoms with Crippen molar-refractivity contribution in [1.29, 1.82) is 0 Å². The quantitative estimate of drug-likeness (QED) is 0.479. The van der Waals surface area contributed by atoms with E-state index in [9.17, 15) is 4.79 Å². The molecule has 0 saturated carbocycles. The first-order chi connectivity index (χ1) is 11.7. The van der Waals surface area contributed by atoms with E-state index in [1.165, 1.54) is 7.11 Å². The van der Waals surface area contributed by atoms with Crippen LogP contribution < -0.4 is 15.1 Å². The zero-order valence-corrected chi connectivity index (χ0v) is 15.1. The first kappa shape index (κ1) is 16.6. The Bertz CT molecular complexity index is 916. The molecule has 0 aliphatic carbocycles. The molecule has 0 aliphatic rings. The Morgan fingerprint density at radius 2 is 1.79 bits per heavy atom. The molecule has 24 heavy (non-hydrogen) atoms. The Hall–Kier alpha value is -2.27. The van der Waals surface area contributed by atoms with Gasteiger partial charge in [0.15, 0.2) is 11.3 Å². The van der Waals surface area contributed by atoms with Crippen molar-refractivity contribution < 1.29 is 13.9 Å². The monoisotopic (exact) mass is 388 g/mol. The van der Waals surface area contributed by atoms with Crippen LogP contribution in [0.4, 0.5) is 0 Å². The SMILES string of the molecule is COc1ccc2c(-c3ccccc3)c(CCBr)c(=O)oc2c1OC. The van der Waals surface area contributed by atoms with Crippen molar-refractivity contribution in [3.63, 3.8) is 0 Å². The fourth-order valence-corrected chi connectivity index (χ4v) is 3.27. The summed E-state index contributed by atoms with van der Waals surface area (Å²) in [7, 11) is 3.09. The van der Waals surface area contributed by atoms with Crippen molar-refractivity contribution in [2.75, 3.05) is 19.5 Å². The van der Waals surface area contributed by atoms with Crippen molar-refractivity contribution in [2.45, 2.75) is 6.42 Å². The molecule has 0 fully saturated rings. The minimum atomic E-state index is -0.354. The number of hydrogen-bond donors (Lipinski definition) is 0. The third-order valence-electron chi connectivity index (χ3n) is 3.92. The smallest absolute Gasteiger partial charge is 0.340 e. The number of methoxy groups -OCH3 is 2. The molecule has 0 N–H and O–H groups in total. The summed E-state index contributed by atoms with van der Waals surface area (Å²) in [4.78, 5) is 12.6. The zero-order valence-electron chi connectivity index (χ0n) is 13.5. The lowest BCUT2D eigenvalue weighted by molar-refractivity contribution is 0.352. The van der Waals surface area contributed by atoms with Gasteiger partial charge in [-0.15, -0.1) is 0 Å². The molecule has 0 aliphatic heterocycles. The Balaban J connectivity index is 2.45. The summed E-state index contributed by atoms with van der Waals surface area (Å²) in [5.74, 6) is 0.954. The van der Waals surface area contributed by atoms with Crippen LogP contribution in [-0.2, 0) is 6.42 Å². The second-order valence-corrected chi connectivity index (χ2v) is 6.02. The standard InChI is InChI=1S/C19H17BrO4/c1-22-15-9-8-13-16(12-6-4-3-5-7-12)14(10-11-20)19(21)24-17(13)18(15)23-2/h3-9H,10-11H2,1-2H3. The second-order valence-electron chi connectivity index (χ2n) is 5.23. The van der Waals surface area contributed by atoms with Crippen LogP contribution in [0.1, 0.15) is 5.56 Å². The van der Waals surface area contributed by atoms with E-state index in [1.807, 2.05) is 42.5 Å². The molecule has 124 valence electrons. The Labute approximate surface area is 148 Å². The molecular formula is C19H17BrO4. The van der Waals surface area contributed by atoms with Crippen LogP contribution in [0, 0.1) is 0 Å². The molecule has 0 unspecified atom stereocenters. The number of benzene rings is 2. The summed E-state index contributed by atoms with van der Waals surface area (Å²) in [5, 5.41) is 1.51. The van der Waals surface area contributed by atoms with Crippen LogP contribution in [-0.4, -0.2) is 19.5 Å². The summed E-state index contributed by atoms with van der Waals surface area (Å²) < 4.78 is 16.3. The van der Waals surface area contributed by atoms with Gasteiger partial charge in [0.05, 0.1) is 14.2 Å². The third-order valence-corrected chi connectivity index (χ3v) is 4.32. The number of ether oxygens (including phenoxy) is 2. The molecule has 5 heteroatoms. The van der Waals surface area contributed by atoms with Gasteiger partial charge < -0.3 is 13.9 Å². The lowest BCUT2D eigenvalue weighted by Crippen LogP contribution is -2.11. The predicted molar refractivity (Wildman–Crippen MR) is 98.5 cm³/mol. The van der Waals surface area contributed by atoms with E-state index in [0.29, 0.717) is 34.4 Å². The Kier molecular flexibility index (Phi) is 4.90. The summed E-state index contributed by atoms with van der Waals surface area (Å²) in [6.45, 7) is 0. The predicted octanol–water partition coefficient (Wildman–Crippen LogP) is 4.41. The number of hydrogen-bond acceptors (Lipinski definition) is 4. The van der Waals surface area contributed by atoms with Crippen LogP contribution in [0.2, 0.25) is 0 Å². The fourth-order valence-electron chi connectivity index (χ4n) is 2.87. The van der Waals surface area contributed by atoms with E-state index < -0.39 is 0 Å². The van der Waals surface area contributed by atoms with E-state index in [0.717, 1.165) is 16.5 Å². The van der Waals surface area contributed by atoms with Gasteiger partial charge in [-0.2, -0.15) is 0 Å². The number of fused-ring (bicyclic) bond motifs is 1. The lowest BCUT2D eigenvalue weighted by atomic mass is 9.95. The van der Waals surface area contributed by atoms with Crippen LogP contribution in [0.25, 0.3) is 22.1 Å². The van der Waals surface area contributed by atoms with Crippen LogP contribution in [0.3, 0.4) is 0 Å². The van der Waals surface area contributed by atoms with Gasteiger partial charge in [-0.1, -0.05) is 46.3 Å². The highest BCUT2D eigenvalue weighted by molar-refractivity contribution is 9.09. The summed E-state index contributed by atoms with van der Waals surface area (Å²) in [5.41, 5.74) is 2.55. The highest BCUT2D eigenvalue weighted by Crippen LogP contribution is 2.40. The second kappa shape index (κ2) is 7.09. The molecule has 3 rings (SSSR count). The molecule has 4 nitrogen and oxygen atoms in total. The highest BCUT2D eigenvalue weighted by atomic mass is 79.9. The average molecular weight is 389 g/mol. The van der Waals surface area contributed by atoms with Crippen molar-refractivity contribution in [3.8, 4) is 22.6 Å². The number of rotatable bonds is 5. The minimum absolute atomic E-state index is 0.354. The van der Waals surface area contributed by atoms with Gasteiger partial charge in [-0.05, 0) is 24.1 Å². The molecule has 1 heterocycles. The van der Waals surface area contributed by atoms with Gasteiger partial charge in [-0.25, -0.2) is 4.79 Å². The van der Waals surface area contributed by atoms with E-state index in [4.69, 9.17) is 13.9 Å². The summed E-state index contributed by atoms with van der Waals surface area (Å²) in [6, 6.07) is 13.6. The number of halogens is 1. The molecule has 1 aromatic heterocycles. The summed E-state index contributed by atoms with van der Waals surface area (Å²) >= 11 is 3.42. The van der Waals surface area contributed by atoms with Gasteiger partial charge in [0.1, 0.15) is 0 Å². The molecule has 3 aromatic rings. The van der Waals surface area contributed by atoms with E-state index in [-0.39, 0.29) is 5.63 Å². The topological polar surface area (TPSA) is 48.7 Å². The highest BCUT2D eigenvalue weighted by Gasteiger charge is 2.20.